The summed E-state index contributed by atoms with van der Waals surface area (Å²) < 4.78 is 9.84. The standard InChI is InChI=1S/C8H9N5O2/c1-14-7-10-6(5-3-4-9-13-5)11-8(12-7)15-2/h3-4H,1-2H3,(H,9,13). The van der Waals surface area contributed by atoms with Crippen molar-refractivity contribution in [3.8, 4) is 23.5 Å². The average Bonchev–Trinajstić information content (AvgIpc) is 2.81. The zero-order chi connectivity index (χ0) is 10.7. The number of ether oxygens (including phenoxy) is 2. The average molecular weight is 207 g/mol. The van der Waals surface area contributed by atoms with Crippen LogP contribution in [0, 0.1) is 0 Å². The maximum Gasteiger partial charge on any atom is 0.322 e. The summed E-state index contributed by atoms with van der Waals surface area (Å²) in [7, 11) is 2.96. The largest absolute Gasteiger partial charge is 0.467 e. The first-order chi connectivity index (χ1) is 7.33. The molecule has 0 spiro atoms. The lowest BCUT2D eigenvalue weighted by atomic mass is 10.4. The maximum atomic E-state index is 4.92. The Morgan fingerprint density at radius 1 is 1.07 bits per heavy atom. The van der Waals surface area contributed by atoms with E-state index >= 15 is 0 Å². The first kappa shape index (κ1) is 9.38. The first-order valence-corrected chi connectivity index (χ1v) is 4.17. The molecule has 78 valence electrons. The molecule has 0 unspecified atom stereocenters. The topological polar surface area (TPSA) is 85.8 Å². The van der Waals surface area contributed by atoms with E-state index in [1.807, 2.05) is 0 Å². The number of methoxy groups -OCH3 is 2. The fourth-order valence-electron chi connectivity index (χ4n) is 1.02. The van der Waals surface area contributed by atoms with Gasteiger partial charge in [-0.1, -0.05) is 0 Å². The summed E-state index contributed by atoms with van der Waals surface area (Å²) in [4.78, 5) is 12.0. The Balaban J connectivity index is 2.47. The SMILES string of the molecule is COc1nc(OC)nc(-c2ccn[nH]2)n1. The van der Waals surface area contributed by atoms with Crippen LogP contribution >= 0.6 is 0 Å². The molecule has 7 heteroatoms. The minimum Gasteiger partial charge on any atom is -0.467 e. The van der Waals surface area contributed by atoms with Crippen LogP contribution in [0.3, 0.4) is 0 Å². The van der Waals surface area contributed by atoms with Crippen LogP contribution in [0.5, 0.6) is 12.0 Å². The highest BCUT2D eigenvalue weighted by Gasteiger charge is 2.09. The van der Waals surface area contributed by atoms with Gasteiger partial charge in [0.1, 0.15) is 5.69 Å². The second-order valence-electron chi connectivity index (χ2n) is 2.60. The van der Waals surface area contributed by atoms with E-state index in [0.717, 1.165) is 0 Å². The third-order valence-electron chi connectivity index (χ3n) is 1.70. The molecule has 2 rings (SSSR count). The van der Waals surface area contributed by atoms with Crippen LogP contribution in [0.1, 0.15) is 0 Å². The molecule has 7 nitrogen and oxygen atoms in total. The summed E-state index contributed by atoms with van der Waals surface area (Å²) in [6.45, 7) is 0. The van der Waals surface area contributed by atoms with E-state index in [4.69, 9.17) is 9.47 Å². The zero-order valence-electron chi connectivity index (χ0n) is 8.26. The Morgan fingerprint density at radius 2 is 1.73 bits per heavy atom. The van der Waals surface area contributed by atoms with Crippen molar-refractivity contribution in [3.05, 3.63) is 12.3 Å². The van der Waals surface area contributed by atoms with Gasteiger partial charge < -0.3 is 9.47 Å². The molecule has 0 aliphatic heterocycles. The van der Waals surface area contributed by atoms with Crippen LogP contribution in [0.15, 0.2) is 12.3 Å². The Kier molecular flexibility index (Phi) is 2.44. The number of hydrogen-bond donors (Lipinski definition) is 1. The van der Waals surface area contributed by atoms with Gasteiger partial charge in [0.2, 0.25) is 0 Å². The van der Waals surface area contributed by atoms with Gasteiger partial charge in [0, 0.05) is 6.20 Å². The molecule has 0 aromatic carbocycles. The lowest BCUT2D eigenvalue weighted by Crippen LogP contribution is -2.01. The Hall–Kier alpha value is -2.18. The van der Waals surface area contributed by atoms with Gasteiger partial charge in [-0.15, -0.1) is 4.98 Å². The second kappa shape index (κ2) is 3.91. The Labute approximate surface area is 85.5 Å². The van der Waals surface area contributed by atoms with Crippen molar-refractivity contribution in [1.29, 1.82) is 0 Å². The van der Waals surface area contributed by atoms with Gasteiger partial charge in [-0.25, -0.2) is 0 Å². The summed E-state index contributed by atoms with van der Waals surface area (Å²) >= 11 is 0. The minimum atomic E-state index is 0.200. The zero-order valence-corrected chi connectivity index (χ0v) is 8.26. The van der Waals surface area contributed by atoms with Crippen LogP contribution in [0.25, 0.3) is 11.5 Å². The molecule has 0 atom stereocenters. The summed E-state index contributed by atoms with van der Waals surface area (Å²) in [6, 6.07) is 2.15. The predicted octanol–water partition coefficient (Wildman–Crippen LogP) is 0.279. The van der Waals surface area contributed by atoms with Crippen LogP contribution in [-0.4, -0.2) is 39.4 Å². The first-order valence-electron chi connectivity index (χ1n) is 4.17. The normalized spacial score (nSPS) is 10.0. The van der Waals surface area contributed by atoms with Gasteiger partial charge in [0.05, 0.1) is 14.2 Å². The predicted molar refractivity (Wildman–Crippen MR) is 50.5 cm³/mol. The van der Waals surface area contributed by atoms with Gasteiger partial charge in [-0.3, -0.25) is 5.10 Å². The smallest absolute Gasteiger partial charge is 0.322 e. The number of rotatable bonds is 3. The molecule has 0 fully saturated rings. The second-order valence-corrected chi connectivity index (χ2v) is 2.60. The fraction of sp³-hybridized carbons (Fsp3) is 0.250. The van der Waals surface area contributed by atoms with E-state index in [2.05, 4.69) is 25.1 Å². The maximum absolute atomic E-state index is 4.92. The minimum absolute atomic E-state index is 0.200. The number of H-pyrrole nitrogens is 1. The highest BCUT2D eigenvalue weighted by atomic mass is 16.5. The highest BCUT2D eigenvalue weighted by molar-refractivity contribution is 5.48. The number of hydrogen-bond acceptors (Lipinski definition) is 6. The molecule has 2 heterocycles. The molecule has 0 amide bonds. The van der Waals surface area contributed by atoms with Gasteiger partial charge >= 0.3 is 12.0 Å². The third-order valence-corrected chi connectivity index (χ3v) is 1.70. The van der Waals surface area contributed by atoms with E-state index in [1.54, 1.807) is 12.3 Å². The number of aromatic nitrogens is 5. The highest BCUT2D eigenvalue weighted by Crippen LogP contribution is 2.16. The fourth-order valence-corrected chi connectivity index (χ4v) is 1.02. The van der Waals surface area contributed by atoms with Crippen LogP contribution in [0.2, 0.25) is 0 Å². The summed E-state index contributed by atoms with van der Waals surface area (Å²) in [5.74, 6) is 0.427. The van der Waals surface area contributed by atoms with Crippen LogP contribution in [-0.2, 0) is 0 Å². The van der Waals surface area contributed by atoms with Crippen molar-refractivity contribution >= 4 is 0 Å². The molecule has 0 aliphatic carbocycles. The van der Waals surface area contributed by atoms with E-state index in [-0.39, 0.29) is 12.0 Å². The summed E-state index contributed by atoms with van der Waals surface area (Å²) in [5.41, 5.74) is 0.675. The van der Waals surface area contributed by atoms with Crippen molar-refractivity contribution < 1.29 is 9.47 Å². The van der Waals surface area contributed by atoms with Crippen LogP contribution < -0.4 is 9.47 Å². The lowest BCUT2D eigenvalue weighted by Gasteiger charge is -2.02. The Morgan fingerprint density at radius 3 is 2.20 bits per heavy atom. The molecular formula is C8H9N5O2. The quantitative estimate of drug-likeness (QED) is 0.777. The molecule has 15 heavy (non-hydrogen) atoms. The molecule has 0 aliphatic rings. The molecule has 1 N–H and O–H groups in total. The van der Waals surface area contributed by atoms with E-state index in [1.165, 1.54) is 14.2 Å². The lowest BCUT2D eigenvalue weighted by molar-refractivity contribution is 0.341. The molecule has 0 saturated carbocycles. The van der Waals surface area contributed by atoms with E-state index in [0.29, 0.717) is 11.5 Å². The van der Waals surface area contributed by atoms with Crippen molar-refractivity contribution in [1.82, 2.24) is 25.1 Å². The molecule has 2 aromatic heterocycles. The summed E-state index contributed by atoms with van der Waals surface area (Å²) in [6.07, 6.45) is 1.61. The van der Waals surface area contributed by atoms with Crippen molar-refractivity contribution in [2.45, 2.75) is 0 Å². The van der Waals surface area contributed by atoms with Gasteiger partial charge in [-0.2, -0.15) is 15.1 Å². The van der Waals surface area contributed by atoms with Gasteiger partial charge in [-0.05, 0) is 6.07 Å². The van der Waals surface area contributed by atoms with Crippen LogP contribution in [0.4, 0.5) is 0 Å². The number of nitrogens with one attached hydrogen (secondary N) is 1. The molecule has 0 bridgehead atoms. The third kappa shape index (κ3) is 1.85. The molecule has 0 saturated heterocycles. The monoisotopic (exact) mass is 207 g/mol. The molecule has 2 aromatic rings. The van der Waals surface area contributed by atoms with Crippen molar-refractivity contribution in [2.75, 3.05) is 14.2 Å². The number of nitrogens with zero attached hydrogens (tertiary/aromatic N) is 4. The summed E-state index contributed by atoms with van der Waals surface area (Å²) in [5, 5.41) is 6.54. The number of aromatic amines is 1. The van der Waals surface area contributed by atoms with Gasteiger partial charge in [0.25, 0.3) is 0 Å². The van der Waals surface area contributed by atoms with E-state index < -0.39 is 0 Å². The van der Waals surface area contributed by atoms with E-state index in [9.17, 15) is 0 Å². The van der Waals surface area contributed by atoms with Gasteiger partial charge in [0.15, 0.2) is 5.82 Å². The van der Waals surface area contributed by atoms with Crippen molar-refractivity contribution in [3.63, 3.8) is 0 Å². The molecular weight excluding hydrogens is 198 g/mol. The Bertz CT molecular complexity index is 420. The van der Waals surface area contributed by atoms with Crippen molar-refractivity contribution in [2.24, 2.45) is 0 Å². The molecule has 0 radical (unpaired) electrons.